The molecule has 1 atom stereocenters. The maximum absolute atomic E-state index is 6.02. The lowest BCUT2D eigenvalue weighted by Crippen LogP contribution is -2.17. The summed E-state index contributed by atoms with van der Waals surface area (Å²) in [6.45, 7) is 4.69. The number of halogens is 1. The normalized spacial score (nSPS) is 21.7. The van der Waals surface area contributed by atoms with Crippen LogP contribution in [0.5, 0.6) is 0 Å². The van der Waals surface area contributed by atoms with Crippen molar-refractivity contribution in [3.8, 4) is 0 Å². The highest BCUT2D eigenvalue weighted by Crippen LogP contribution is 2.39. The molecule has 1 saturated carbocycles. The molecular weight excluding hydrogens is 256 g/mol. The Morgan fingerprint density at radius 2 is 2.16 bits per heavy atom. The van der Waals surface area contributed by atoms with Crippen LogP contribution in [-0.4, -0.2) is 11.0 Å². The third-order valence-electron chi connectivity index (χ3n) is 4.03. The topological polar surface area (TPSA) is 24.9 Å². The standard InChI is InChI=1S/C16H19ClN2/c1-16(2)7-5-12(10-16)19-14-6-8-18-15-9-11(17)3-4-13(14)15/h3-4,6,8-9,12H,5,7,10H2,1-2H3,(H,18,19). The number of aromatic nitrogens is 1. The van der Waals surface area contributed by atoms with Gasteiger partial charge in [0.1, 0.15) is 0 Å². The summed E-state index contributed by atoms with van der Waals surface area (Å²) in [5, 5.41) is 5.56. The highest BCUT2D eigenvalue weighted by Gasteiger charge is 2.30. The molecule has 0 bridgehead atoms. The maximum Gasteiger partial charge on any atom is 0.0737 e. The zero-order valence-electron chi connectivity index (χ0n) is 11.4. The van der Waals surface area contributed by atoms with Crippen LogP contribution in [0.2, 0.25) is 5.02 Å². The summed E-state index contributed by atoms with van der Waals surface area (Å²) < 4.78 is 0. The predicted octanol–water partition coefficient (Wildman–Crippen LogP) is 4.88. The number of hydrogen-bond acceptors (Lipinski definition) is 2. The fourth-order valence-electron chi connectivity index (χ4n) is 3.03. The molecule has 2 aromatic rings. The lowest BCUT2D eigenvalue weighted by atomic mass is 9.92. The van der Waals surface area contributed by atoms with Gasteiger partial charge in [0.25, 0.3) is 0 Å². The molecule has 1 aromatic heterocycles. The summed E-state index contributed by atoms with van der Waals surface area (Å²) >= 11 is 6.02. The molecule has 3 rings (SSSR count). The number of benzene rings is 1. The molecule has 1 aliphatic rings. The number of hydrogen-bond donors (Lipinski definition) is 1. The molecule has 1 N–H and O–H groups in total. The molecule has 1 aromatic carbocycles. The van der Waals surface area contributed by atoms with Gasteiger partial charge in [-0.05, 0) is 48.9 Å². The Morgan fingerprint density at radius 3 is 2.89 bits per heavy atom. The second-order valence-corrected chi connectivity index (χ2v) is 6.70. The first-order valence-electron chi connectivity index (χ1n) is 6.84. The number of rotatable bonds is 2. The Balaban J connectivity index is 1.89. The summed E-state index contributed by atoms with van der Waals surface area (Å²) in [6, 6.07) is 8.52. The van der Waals surface area contributed by atoms with Gasteiger partial charge in [0.2, 0.25) is 0 Å². The van der Waals surface area contributed by atoms with Gasteiger partial charge in [0, 0.05) is 28.3 Å². The number of anilines is 1. The third-order valence-corrected chi connectivity index (χ3v) is 4.27. The van der Waals surface area contributed by atoms with Crippen molar-refractivity contribution in [3.05, 3.63) is 35.5 Å². The van der Waals surface area contributed by atoms with Crippen LogP contribution in [0.25, 0.3) is 10.9 Å². The highest BCUT2D eigenvalue weighted by atomic mass is 35.5. The van der Waals surface area contributed by atoms with Crippen LogP contribution < -0.4 is 5.32 Å². The van der Waals surface area contributed by atoms with Gasteiger partial charge >= 0.3 is 0 Å². The third kappa shape index (κ3) is 2.69. The van der Waals surface area contributed by atoms with Crippen LogP contribution in [0.15, 0.2) is 30.5 Å². The number of nitrogens with zero attached hydrogens (tertiary/aromatic N) is 1. The van der Waals surface area contributed by atoms with Gasteiger partial charge in [-0.1, -0.05) is 25.4 Å². The fourth-order valence-corrected chi connectivity index (χ4v) is 3.19. The van der Waals surface area contributed by atoms with Gasteiger partial charge in [0.15, 0.2) is 0 Å². The largest absolute Gasteiger partial charge is 0.382 e. The number of nitrogens with one attached hydrogen (secondary N) is 1. The Labute approximate surface area is 119 Å². The molecule has 0 aliphatic heterocycles. The second kappa shape index (κ2) is 4.68. The molecule has 0 amide bonds. The van der Waals surface area contributed by atoms with Gasteiger partial charge in [-0.25, -0.2) is 0 Å². The van der Waals surface area contributed by atoms with E-state index in [1.165, 1.54) is 24.9 Å². The quantitative estimate of drug-likeness (QED) is 0.844. The summed E-state index contributed by atoms with van der Waals surface area (Å²) in [5.74, 6) is 0. The Morgan fingerprint density at radius 1 is 1.32 bits per heavy atom. The lowest BCUT2D eigenvalue weighted by Gasteiger charge is -2.19. The molecular formula is C16H19ClN2. The van der Waals surface area contributed by atoms with E-state index in [0.29, 0.717) is 11.5 Å². The van der Waals surface area contributed by atoms with Crippen molar-refractivity contribution in [1.82, 2.24) is 4.98 Å². The minimum atomic E-state index is 0.462. The highest BCUT2D eigenvalue weighted by molar-refractivity contribution is 6.31. The Hall–Kier alpha value is -1.28. The number of fused-ring (bicyclic) bond motifs is 1. The predicted molar refractivity (Wildman–Crippen MR) is 81.8 cm³/mol. The molecule has 1 heterocycles. The molecule has 0 radical (unpaired) electrons. The van der Waals surface area contributed by atoms with Crippen molar-refractivity contribution < 1.29 is 0 Å². The average Bonchev–Trinajstić information content (AvgIpc) is 2.68. The van der Waals surface area contributed by atoms with Crippen LogP contribution in [0.3, 0.4) is 0 Å². The zero-order valence-corrected chi connectivity index (χ0v) is 12.2. The molecule has 1 fully saturated rings. The molecule has 1 aliphatic carbocycles. The minimum Gasteiger partial charge on any atom is -0.382 e. The first-order valence-corrected chi connectivity index (χ1v) is 7.22. The zero-order chi connectivity index (χ0) is 13.5. The summed E-state index contributed by atoms with van der Waals surface area (Å²) in [6.07, 6.45) is 5.61. The summed E-state index contributed by atoms with van der Waals surface area (Å²) in [7, 11) is 0. The SMILES string of the molecule is CC1(C)CCC(Nc2ccnc3cc(Cl)ccc23)C1. The van der Waals surface area contributed by atoms with Crippen molar-refractivity contribution in [3.63, 3.8) is 0 Å². The lowest BCUT2D eigenvalue weighted by molar-refractivity contribution is 0.378. The van der Waals surface area contributed by atoms with E-state index in [2.05, 4.69) is 30.2 Å². The van der Waals surface area contributed by atoms with E-state index in [9.17, 15) is 0 Å². The van der Waals surface area contributed by atoms with Gasteiger partial charge in [-0.2, -0.15) is 0 Å². The van der Waals surface area contributed by atoms with Crippen molar-refractivity contribution in [2.45, 2.75) is 39.2 Å². The number of pyridine rings is 1. The Kier molecular flexibility index (Phi) is 3.14. The first-order chi connectivity index (χ1) is 9.03. The van der Waals surface area contributed by atoms with Crippen LogP contribution in [0.4, 0.5) is 5.69 Å². The molecule has 0 spiro atoms. The molecule has 19 heavy (non-hydrogen) atoms. The summed E-state index contributed by atoms with van der Waals surface area (Å²) in [5.41, 5.74) is 2.59. The van der Waals surface area contributed by atoms with Crippen molar-refractivity contribution in [2.24, 2.45) is 5.41 Å². The van der Waals surface area contributed by atoms with E-state index in [4.69, 9.17) is 11.6 Å². The molecule has 2 nitrogen and oxygen atoms in total. The van der Waals surface area contributed by atoms with E-state index in [1.54, 1.807) is 0 Å². The first kappa shape index (κ1) is 12.7. The van der Waals surface area contributed by atoms with Gasteiger partial charge in [-0.15, -0.1) is 0 Å². The van der Waals surface area contributed by atoms with E-state index in [0.717, 1.165) is 15.9 Å². The second-order valence-electron chi connectivity index (χ2n) is 6.27. The molecule has 100 valence electrons. The van der Waals surface area contributed by atoms with Crippen LogP contribution in [-0.2, 0) is 0 Å². The summed E-state index contributed by atoms with van der Waals surface area (Å²) in [4.78, 5) is 4.38. The smallest absolute Gasteiger partial charge is 0.0737 e. The van der Waals surface area contributed by atoms with Crippen molar-refractivity contribution >= 4 is 28.2 Å². The van der Waals surface area contributed by atoms with Crippen molar-refractivity contribution in [1.29, 1.82) is 0 Å². The molecule has 3 heteroatoms. The van der Waals surface area contributed by atoms with Gasteiger partial charge in [0.05, 0.1) is 5.52 Å². The van der Waals surface area contributed by atoms with Gasteiger partial charge < -0.3 is 5.32 Å². The van der Waals surface area contributed by atoms with Crippen LogP contribution >= 0.6 is 11.6 Å². The van der Waals surface area contributed by atoms with E-state index in [1.807, 2.05) is 24.4 Å². The van der Waals surface area contributed by atoms with E-state index >= 15 is 0 Å². The van der Waals surface area contributed by atoms with Gasteiger partial charge in [-0.3, -0.25) is 4.98 Å². The average molecular weight is 275 g/mol. The molecule has 0 saturated heterocycles. The molecule has 1 unspecified atom stereocenters. The van der Waals surface area contributed by atoms with Crippen LogP contribution in [0.1, 0.15) is 33.1 Å². The Bertz CT molecular complexity index is 607. The van der Waals surface area contributed by atoms with Crippen LogP contribution in [0, 0.1) is 5.41 Å². The fraction of sp³-hybridized carbons (Fsp3) is 0.438. The monoisotopic (exact) mass is 274 g/mol. The van der Waals surface area contributed by atoms with Crippen molar-refractivity contribution in [2.75, 3.05) is 5.32 Å². The minimum absolute atomic E-state index is 0.462. The van der Waals surface area contributed by atoms with E-state index in [-0.39, 0.29) is 0 Å². The van der Waals surface area contributed by atoms with E-state index < -0.39 is 0 Å². The maximum atomic E-state index is 6.02.